The molecule has 21 heavy (non-hydrogen) atoms. The van der Waals surface area contributed by atoms with Crippen molar-refractivity contribution in [3.63, 3.8) is 0 Å². The van der Waals surface area contributed by atoms with Crippen molar-refractivity contribution in [2.24, 2.45) is 7.05 Å². The zero-order chi connectivity index (χ0) is 15.6. The Morgan fingerprint density at radius 2 is 2.14 bits per heavy atom. The molecule has 0 atom stereocenters. The largest absolute Gasteiger partial charge is 0.457 e. The van der Waals surface area contributed by atoms with Gasteiger partial charge in [0.15, 0.2) is 9.84 Å². The summed E-state index contributed by atoms with van der Waals surface area (Å²) < 4.78 is 29.7. The van der Waals surface area contributed by atoms with Crippen molar-refractivity contribution in [3.05, 3.63) is 46.7 Å². The molecule has 0 aliphatic heterocycles. The number of esters is 1. The first-order valence-corrected chi connectivity index (χ1v) is 8.18. The second kappa shape index (κ2) is 5.87. The van der Waals surface area contributed by atoms with E-state index in [4.69, 9.17) is 16.3 Å². The average Bonchev–Trinajstić information content (AvgIpc) is 2.81. The average molecular weight is 329 g/mol. The maximum absolute atomic E-state index is 12.0. The Labute approximate surface area is 127 Å². The zero-order valence-corrected chi connectivity index (χ0v) is 13.0. The molecule has 0 radical (unpaired) electrons. The zero-order valence-electron chi connectivity index (χ0n) is 11.4. The molecule has 0 aliphatic rings. The van der Waals surface area contributed by atoms with Gasteiger partial charge in [-0.25, -0.2) is 13.2 Å². The molecule has 1 aromatic carbocycles. The maximum Gasteiger partial charge on any atom is 0.340 e. The summed E-state index contributed by atoms with van der Waals surface area (Å²) in [4.78, 5) is 12.0. The van der Waals surface area contributed by atoms with Crippen LogP contribution in [0.3, 0.4) is 0 Å². The van der Waals surface area contributed by atoms with E-state index >= 15 is 0 Å². The molecule has 2 aromatic rings. The molecule has 6 nitrogen and oxygen atoms in total. The topological polar surface area (TPSA) is 78.3 Å². The highest BCUT2D eigenvalue weighted by Crippen LogP contribution is 2.21. The van der Waals surface area contributed by atoms with Gasteiger partial charge in [-0.05, 0) is 18.2 Å². The van der Waals surface area contributed by atoms with Gasteiger partial charge in [-0.15, -0.1) is 0 Å². The molecule has 0 spiro atoms. The van der Waals surface area contributed by atoms with Gasteiger partial charge in [0.1, 0.15) is 6.61 Å². The number of nitrogens with zero attached hydrogens (tertiary/aromatic N) is 2. The molecule has 0 bridgehead atoms. The molecule has 0 saturated carbocycles. The molecule has 0 unspecified atom stereocenters. The second-order valence-corrected chi connectivity index (χ2v) is 6.94. The summed E-state index contributed by atoms with van der Waals surface area (Å²) in [6.45, 7) is 0.0338. The molecule has 2 rings (SSSR count). The number of rotatable bonds is 4. The van der Waals surface area contributed by atoms with E-state index in [-0.39, 0.29) is 22.1 Å². The van der Waals surface area contributed by atoms with Crippen LogP contribution < -0.4 is 0 Å². The summed E-state index contributed by atoms with van der Waals surface area (Å²) in [6.07, 6.45) is 4.34. The van der Waals surface area contributed by atoms with E-state index in [9.17, 15) is 13.2 Å². The number of aryl methyl sites for hydroxylation is 1. The summed E-state index contributed by atoms with van der Waals surface area (Å²) in [5.41, 5.74) is 0.740. The Hall–Kier alpha value is -1.86. The summed E-state index contributed by atoms with van der Waals surface area (Å²) in [6, 6.07) is 3.91. The summed E-state index contributed by atoms with van der Waals surface area (Å²) in [7, 11) is -1.67. The van der Waals surface area contributed by atoms with Crippen molar-refractivity contribution in [2.75, 3.05) is 6.26 Å². The quantitative estimate of drug-likeness (QED) is 0.800. The fourth-order valence-corrected chi connectivity index (χ4v) is 2.51. The molecule has 1 aromatic heterocycles. The van der Waals surface area contributed by atoms with Crippen LogP contribution in [0.5, 0.6) is 0 Å². The number of carbonyl (C=O) groups is 1. The van der Waals surface area contributed by atoms with Crippen LogP contribution >= 0.6 is 11.6 Å². The van der Waals surface area contributed by atoms with Crippen LogP contribution in [0.1, 0.15) is 15.9 Å². The van der Waals surface area contributed by atoms with Crippen LogP contribution in [-0.4, -0.2) is 30.4 Å². The lowest BCUT2D eigenvalue weighted by Crippen LogP contribution is -2.07. The molecule has 1 heterocycles. The Morgan fingerprint density at radius 1 is 1.43 bits per heavy atom. The third-order valence-corrected chi connectivity index (χ3v) is 4.15. The van der Waals surface area contributed by atoms with E-state index < -0.39 is 15.8 Å². The molecule has 0 fully saturated rings. The first-order valence-electron chi connectivity index (χ1n) is 5.91. The lowest BCUT2D eigenvalue weighted by Gasteiger charge is -2.07. The highest BCUT2D eigenvalue weighted by atomic mass is 35.5. The van der Waals surface area contributed by atoms with Gasteiger partial charge in [-0.3, -0.25) is 4.68 Å². The molecule has 112 valence electrons. The number of ether oxygens (including phenoxy) is 1. The van der Waals surface area contributed by atoms with E-state index in [0.717, 1.165) is 11.8 Å². The van der Waals surface area contributed by atoms with Crippen LogP contribution in [-0.2, 0) is 28.2 Å². The van der Waals surface area contributed by atoms with Crippen molar-refractivity contribution in [1.29, 1.82) is 0 Å². The van der Waals surface area contributed by atoms with Crippen molar-refractivity contribution in [1.82, 2.24) is 9.78 Å². The van der Waals surface area contributed by atoms with Crippen LogP contribution in [0, 0.1) is 0 Å². The van der Waals surface area contributed by atoms with Crippen molar-refractivity contribution >= 4 is 27.4 Å². The molecule has 0 saturated heterocycles. The molecule has 0 aliphatic carbocycles. The van der Waals surface area contributed by atoms with Gasteiger partial charge >= 0.3 is 5.97 Å². The van der Waals surface area contributed by atoms with Crippen molar-refractivity contribution < 1.29 is 17.9 Å². The van der Waals surface area contributed by atoms with Gasteiger partial charge in [-0.1, -0.05) is 11.6 Å². The van der Waals surface area contributed by atoms with Crippen LogP contribution in [0.25, 0.3) is 0 Å². The first kappa shape index (κ1) is 15.5. The van der Waals surface area contributed by atoms with Crippen molar-refractivity contribution in [3.8, 4) is 0 Å². The SMILES string of the molecule is Cn1cc(COC(=O)c2cc(S(C)(=O)=O)ccc2Cl)cn1. The van der Waals surface area contributed by atoms with E-state index in [0.29, 0.717) is 0 Å². The van der Waals surface area contributed by atoms with Crippen LogP contribution in [0.2, 0.25) is 5.02 Å². The Balaban J connectivity index is 2.18. The van der Waals surface area contributed by atoms with Crippen molar-refractivity contribution in [2.45, 2.75) is 11.5 Å². The number of sulfone groups is 1. The fraction of sp³-hybridized carbons (Fsp3) is 0.231. The monoisotopic (exact) mass is 328 g/mol. The van der Waals surface area contributed by atoms with E-state index in [1.165, 1.54) is 18.2 Å². The molecule has 0 N–H and O–H groups in total. The molecule has 0 amide bonds. The minimum atomic E-state index is -3.42. The molecular weight excluding hydrogens is 316 g/mol. The standard InChI is InChI=1S/C13H13ClN2O4S/c1-16-7-9(6-15-16)8-20-13(17)11-5-10(21(2,18)19)3-4-12(11)14/h3-7H,8H2,1-2H3. The first-order chi connectivity index (χ1) is 9.77. The highest BCUT2D eigenvalue weighted by molar-refractivity contribution is 7.90. The Kier molecular flexibility index (Phi) is 4.34. The Bertz CT molecular complexity index is 783. The number of carbonyl (C=O) groups excluding carboxylic acids is 1. The smallest absolute Gasteiger partial charge is 0.340 e. The highest BCUT2D eigenvalue weighted by Gasteiger charge is 2.16. The third-order valence-electron chi connectivity index (χ3n) is 2.71. The Morgan fingerprint density at radius 3 is 2.71 bits per heavy atom. The lowest BCUT2D eigenvalue weighted by atomic mass is 10.2. The van der Waals surface area contributed by atoms with E-state index in [1.54, 1.807) is 24.1 Å². The lowest BCUT2D eigenvalue weighted by molar-refractivity contribution is 0.0472. The fourth-order valence-electron chi connectivity index (χ4n) is 1.66. The van der Waals surface area contributed by atoms with E-state index in [2.05, 4.69) is 5.10 Å². The normalized spacial score (nSPS) is 11.4. The predicted octanol–water partition coefficient (Wildman–Crippen LogP) is 1.83. The van der Waals surface area contributed by atoms with Gasteiger partial charge in [0.25, 0.3) is 0 Å². The second-order valence-electron chi connectivity index (χ2n) is 4.51. The van der Waals surface area contributed by atoms with Gasteiger partial charge in [0, 0.05) is 25.1 Å². The third kappa shape index (κ3) is 3.83. The predicted molar refractivity (Wildman–Crippen MR) is 76.9 cm³/mol. The maximum atomic E-state index is 12.0. The van der Waals surface area contributed by atoms with Gasteiger partial charge in [0.05, 0.1) is 21.7 Å². The number of hydrogen-bond donors (Lipinski definition) is 0. The number of benzene rings is 1. The number of aromatic nitrogens is 2. The number of halogens is 1. The van der Waals surface area contributed by atoms with Crippen LogP contribution in [0.15, 0.2) is 35.5 Å². The summed E-state index contributed by atoms with van der Waals surface area (Å²) in [5, 5.41) is 4.09. The van der Waals surface area contributed by atoms with E-state index in [1.807, 2.05) is 0 Å². The minimum Gasteiger partial charge on any atom is -0.457 e. The summed E-state index contributed by atoms with van der Waals surface area (Å²) >= 11 is 5.91. The van der Waals surface area contributed by atoms with Gasteiger partial charge < -0.3 is 4.74 Å². The number of hydrogen-bond acceptors (Lipinski definition) is 5. The molecular formula is C13H13ClN2O4S. The van der Waals surface area contributed by atoms with Gasteiger partial charge in [0.2, 0.25) is 0 Å². The minimum absolute atomic E-state index is 0.0141. The van der Waals surface area contributed by atoms with Crippen LogP contribution in [0.4, 0.5) is 0 Å². The molecule has 8 heteroatoms. The van der Waals surface area contributed by atoms with Gasteiger partial charge in [-0.2, -0.15) is 5.10 Å². The summed E-state index contributed by atoms with van der Waals surface area (Å²) in [5.74, 6) is -0.686.